The van der Waals surface area contributed by atoms with Crippen LogP contribution in [0, 0.1) is 6.07 Å². The average molecular weight is 269 g/mol. The zero-order chi connectivity index (χ0) is 14.1. The zero-order valence-electron chi connectivity index (χ0n) is 11.5. The Balaban J connectivity index is 2.10. The van der Waals surface area contributed by atoms with Crippen LogP contribution in [0.2, 0.25) is 0 Å². The average Bonchev–Trinajstić information content (AvgIpc) is 2.47. The number of nitrogens with two attached hydrogens (primary N) is 1. The Labute approximate surface area is 118 Å². The van der Waals surface area contributed by atoms with Gasteiger partial charge in [0.25, 0.3) is 5.91 Å². The van der Waals surface area contributed by atoms with Crippen LogP contribution in [-0.2, 0) is 0 Å². The monoisotopic (exact) mass is 269 g/mol. The number of aromatic nitrogens is 1. The molecule has 1 aliphatic heterocycles. The summed E-state index contributed by atoms with van der Waals surface area (Å²) in [6, 6.07) is 10.5. The molecule has 103 valence electrons. The van der Waals surface area contributed by atoms with Crippen molar-refractivity contribution in [3.63, 3.8) is 0 Å². The predicted molar refractivity (Wildman–Crippen MR) is 78.8 cm³/mol. The van der Waals surface area contributed by atoms with Crippen LogP contribution < -0.4 is 10.6 Å². The quantitative estimate of drug-likeness (QED) is 0.879. The minimum atomic E-state index is -0.491. The number of rotatable bonds is 2. The summed E-state index contributed by atoms with van der Waals surface area (Å²) in [7, 11) is 2.12. The molecule has 5 heteroatoms. The Morgan fingerprint density at radius 2 is 2.10 bits per heavy atom. The van der Waals surface area contributed by atoms with Gasteiger partial charge < -0.3 is 15.5 Å². The molecule has 1 aromatic carbocycles. The molecule has 0 atom stereocenters. The van der Waals surface area contributed by atoms with Gasteiger partial charge in [0.2, 0.25) is 0 Å². The minimum Gasteiger partial charge on any atom is -0.368 e. The third kappa shape index (κ3) is 2.32. The van der Waals surface area contributed by atoms with Gasteiger partial charge in [0, 0.05) is 37.3 Å². The molecule has 1 radical (unpaired) electrons. The molecule has 3 rings (SSSR count). The second-order valence-electron chi connectivity index (χ2n) is 5.12. The minimum absolute atomic E-state index is 0.317. The van der Waals surface area contributed by atoms with Crippen molar-refractivity contribution in [3.05, 3.63) is 36.0 Å². The number of benzene rings is 1. The second-order valence-corrected chi connectivity index (χ2v) is 5.12. The smallest absolute Gasteiger partial charge is 0.267 e. The summed E-state index contributed by atoms with van der Waals surface area (Å²) in [5.74, 6) is -0.491. The Kier molecular flexibility index (Phi) is 3.28. The topological polar surface area (TPSA) is 62.5 Å². The van der Waals surface area contributed by atoms with Crippen molar-refractivity contribution in [2.45, 2.75) is 0 Å². The zero-order valence-corrected chi connectivity index (χ0v) is 11.5. The van der Waals surface area contributed by atoms with Gasteiger partial charge in [-0.05, 0) is 31.3 Å². The standard InChI is InChI=1S/C15H17N4O/c1-18-6-8-19(9-7-18)14-10-13(15(16)20)17-12-5-3-2-4-11(12)14/h3-5,10H,6-9H2,1H3,(H2,16,20). The van der Waals surface area contributed by atoms with Gasteiger partial charge in [-0.2, -0.15) is 0 Å². The number of carbonyl (C=O) groups is 1. The summed E-state index contributed by atoms with van der Waals surface area (Å²) in [4.78, 5) is 20.3. The van der Waals surface area contributed by atoms with Crippen LogP contribution >= 0.6 is 0 Å². The summed E-state index contributed by atoms with van der Waals surface area (Å²) in [5, 5.41) is 1.02. The molecule has 5 nitrogen and oxygen atoms in total. The SMILES string of the molecule is CN1CCN(c2cc(C(N)=O)nc3cc[c]cc23)CC1. The molecule has 0 bridgehead atoms. The molecule has 2 N–H and O–H groups in total. The number of nitrogens with zero attached hydrogens (tertiary/aromatic N) is 3. The molecule has 0 unspecified atom stereocenters. The van der Waals surface area contributed by atoms with E-state index in [0.717, 1.165) is 42.8 Å². The fraction of sp³-hybridized carbons (Fsp3) is 0.333. The van der Waals surface area contributed by atoms with E-state index in [2.05, 4.69) is 27.9 Å². The fourth-order valence-corrected chi connectivity index (χ4v) is 2.53. The first-order chi connectivity index (χ1) is 9.65. The summed E-state index contributed by atoms with van der Waals surface area (Å²) < 4.78 is 0. The van der Waals surface area contributed by atoms with E-state index < -0.39 is 5.91 Å². The Hall–Kier alpha value is -2.14. The van der Waals surface area contributed by atoms with Gasteiger partial charge in [-0.3, -0.25) is 4.79 Å². The van der Waals surface area contributed by atoms with Crippen LogP contribution in [0.4, 0.5) is 5.69 Å². The Morgan fingerprint density at radius 1 is 1.35 bits per heavy atom. The highest BCUT2D eigenvalue weighted by Crippen LogP contribution is 2.27. The molecule has 20 heavy (non-hydrogen) atoms. The molecule has 0 spiro atoms. The largest absolute Gasteiger partial charge is 0.368 e. The maximum atomic E-state index is 11.5. The molecule has 1 aliphatic rings. The molecular formula is C15H17N4O. The second kappa shape index (κ2) is 5.09. The highest BCUT2D eigenvalue weighted by Gasteiger charge is 2.18. The van der Waals surface area contributed by atoms with E-state index in [-0.39, 0.29) is 0 Å². The maximum Gasteiger partial charge on any atom is 0.267 e. The predicted octanol–water partition coefficient (Wildman–Crippen LogP) is 0.886. The number of hydrogen-bond acceptors (Lipinski definition) is 4. The molecule has 1 amide bonds. The lowest BCUT2D eigenvalue weighted by Gasteiger charge is -2.34. The van der Waals surface area contributed by atoms with Gasteiger partial charge in [0.15, 0.2) is 0 Å². The van der Waals surface area contributed by atoms with Crippen molar-refractivity contribution < 1.29 is 4.79 Å². The number of fused-ring (bicyclic) bond motifs is 1. The number of carbonyl (C=O) groups excluding carboxylic acids is 1. The summed E-state index contributed by atoms with van der Waals surface area (Å²) in [5.41, 5.74) is 7.51. The molecule has 1 saturated heterocycles. The fourth-order valence-electron chi connectivity index (χ4n) is 2.53. The number of pyridine rings is 1. The summed E-state index contributed by atoms with van der Waals surface area (Å²) in [6.45, 7) is 3.88. The van der Waals surface area contributed by atoms with Crippen molar-refractivity contribution in [1.29, 1.82) is 0 Å². The molecule has 1 aromatic heterocycles. The van der Waals surface area contributed by atoms with E-state index in [1.807, 2.05) is 12.1 Å². The first kappa shape index (κ1) is 12.9. The van der Waals surface area contributed by atoms with Crippen LogP contribution in [0.15, 0.2) is 24.3 Å². The van der Waals surface area contributed by atoms with Crippen molar-refractivity contribution >= 4 is 22.5 Å². The van der Waals surface area contributed by atoms with E-state index in [1.54, 1.807) is 12.1 Å². The normalized spacial score (nSPS) is 16.6. The van der Waals surface area contributed by atoms with Gasteiger partial charge in [-0.1, -0.05) is 6.07 Å². The van der Waals surface area contributed by atoms with Gasteiger partial charge in [-0.15, -0.1) is 0 Å². The maximum absolute atomic E-state index is 11.5. The first-order valence-corrected chi connectivity index (χ1v) is 6.69. The van der Waals surface area contributed by atoms with Gasteiger partial charge in [0.1, 0.15) is 5.69 Å². The van der Waals surface area contributed by atoms with Crippen molar-refractivity contribution in [2.24, 2.45) is 5.73 Å². The van der Waals surface area contributed by atoms with Gasteiger partial charge >= 0.3 is 0 Å². The first-order valence-electron chi connectivity index (χ1n) is 6.69. The van der Waals surface area contributed by atoms with E-state index in [9.17, 15) is 4.79 Å². The van der Waals surface area contributed by atoms with E-state index in [0.29, 0.717) is 5.69 Å². The van der Waals surface area contributed by atoms with Crippen LogP contribution in [0.3, 0.4) is 0 Å². The number of primary amides is 1. The summed E-state index contributed by atoms with van der Waals surface area (Å²) >= 11 is 0. The third-order valence-corrected chi connectivity index (χ3v) is 3.73. The van der Waals surface area contributed by atoms with E-state index >= 15 is 0 Å². The number of amides is 1. The number of piperazine rings is 1. The van der Waals surface area contributed by atoms with Crippen molar-refractivity contribution in [1.82, 2.24) is 9.88 Å². The van der Waals surface area contributed by atoms with Crippen LogP contribution in [0.5, 0.6) is 0 Å². The van der Waals surface area contributed by atoms with Crippen LogP contribution in [-0.4, -0.2) is 49.0 Å². The highest BCUT2D eigenvalue weighted by molar-refractivity contribution is 5.99. The lowest BCUT2D eigenvalue weighted by Crippen LogP contribution is -2.44. The number of likely N-dealkylation sites (N-methyl/N-ethyl adjacent to an activating group) is 1. The highest BCUT2D eigenvalue weighted by atomic mass is 16.1. The molecule has 2 heterocycles. The third-order valence-electron chi connectivity index (χ3n) is 3.73. The lowest BCUT2D eigenvalue weighted by molar-refractivity contribution is 0.0996. The van der Waals surface area contributed by atoms with Crippen molar-refractivity contribution in [3.8, 4) is 0 Å². The molecule has 0 aliphatic carbocycles. The molecule has 0 saturated carbocycles. The molecule has 2 aromatic rings. The number of hydrogen-bond donors (Lipinski definition) is 1. The van der Waals surface area contributed by atoms with Crippen LogP contribution in [0.25, 0.3) is 10.9 Å². The molecular weight excluding hydrogens is 252 g/mol. The van der Waals surface area contributed by atoms with Gasteiger partial charge in [0.05, 0.1) is 5.52 Å². The lowest BCUT2D eigenvalue weighted by atomic mass is 10.1. The van der Waals surface area contributed by atoms with Gasteiger partial charge in [-0.25, -0.2) is 4.98 Å². The molecule has 1 fully saturated rings. The Morgan fingerprint density at radius 3 is 2.80 bits per heavy atom. The summed E-state index contributed by atoms with van der Waals surface area (Å²) in [6.07, 6.45) is 0. The Bertz CT molecular complexity index is 647. The number of anilines is 1. The van der Waals surface area contributed by atoms with E-state index in [1.165, 1.54) is 0 Å². The van der Waals surface area contributed by atoms with Crippen molar-refractivity contribution in [2.75, 3.05) is 38.1 Å². The van der Waals surface area contributed by atoms with Crippen LogP contribution in [0.1, 0.15) is 10.5 Å². The van der Waals surface area contributed by atoms with E-state index in [4.69, 9.17) is 5.73 Å².